The first-order valence-corrected chi connectivity index (χ1v) is 6.18. The van der Waals surface area contributed by atoms with Gasteiger partial charge in [-0.1, -0.05) is 0 Å². The zero-order chi connectivity index (χ0) is 13.8. The summed E-state index contributed by atoms with van der Waals surface area (Å²) in [5.41, 5.74) is 5.39. The normalized spacial score (nSPS) is 19.2. The Morgan fingerprint density at radius 1 is 1.42 bits per heavy atom. The van der Waals surface area contributed by atoms with Gasteiger partial charge in [-0.2, -0.15) is 0 Å². The molecular formula is C13H16F2N2O2. The average molecular weight is 270 g/mol. The Labute approximate surface area is 109 Å². The number of carbonyl (C=O) groups excluding carboxylic acids is 1. The lowest BCUT2D eigenvalue weighted by atomic mass is 10.0. The predicted octanol–water partition coefficient (Wildman–Crippen LogP) is 1.70. The average Bonchev–Trinajstić information content (AvgIpc) is 2.41. The van der Waals surface area contributed by atoms with Crippen LogP contribution in [-0.4, -0.2) is 25.7 Å². The van der Waals surface area contributed by atoms with Gasteiger partial charge < -0.3 is 15.8 Å². The topological polar surface area (TPSA) is 64.4 Å². The summed E-state index contributed by atoms with van der Waals surface area (Å²) < 4.78 is 31.3. The fourth-order valence-electron chi connectivity index (χ4n) is 2.06. The number of anilines is 1. The van der Waals surface area contributed by atoms with E-state index >= 15 is 0 Å². The third-order valence-corrected chi connectivity index (χ3v) is 3.14. The van der Waals surface area contributed by atoms with Crippen molar-refractivity contribution in [3.05, 3.63) is 29.3 Å². The maximum Gasteiger partial charge on any atom is 0.253 e. The van der Waals surface area contributed by atoms with Gasteiger partial charge in [-0.15, -0.1) is 0 Å². The van der Waals surface area contributed by atoms with Gasteiger partial charge in [-0.25, -0.2) is 8.78 Å². The first kappa shape index (κ1) is 13.7. The van der Waals surface area contributed by atoms with Crippen molar-refractivity contribution in [1.29, 1.82) is 0 Å². The molecule has 0 saturated carbocycles. The number of hydrogen-bond acceptors (Lipinski definition) is 3. The van der Waals surface area contributed by atoms with Crippen molar-refractivity contribution in [3.63, 3.8) is 0 Å². The van der Waals surface area contributed by atoms with Crippen LogP contribution in [-0.2, 0) is 4.74 Å². The van der Waals surface area contributed by atoms with Crippen molar-refractivity contribution in [2.24, 2.45) is 5.92 Å². The summed E-state index contributed by atoms with van der Waals surface area (Å²) in [6.45, 7) is 1.80. The molecule has 1 amide bonds. The number of benzene rings is 1. The molecule has 0 aliphatic carbocycles. The third kappa shape index (κ3) is 3.41. The first-order chi connectivity index (χ1) is 9.08. The van der Waals surface area contributed by atoms with E-state index in [2.05, 4.69) is 5.32 Å². The summed E-state index contributed by atoms with van der Waals surface area (Å²) in [5, 5.41) is 2.67. The molecule has 0 aromatic heterocycles. The minimum atomic E-state index is -1.08. The molecule has 19 heavy (non-hydrogen) atoms. The molecule has 1 aromatic carbocycles. The van der Waals surface area contributed by atoms with E-state index in [1.807, 2.05) is 0 Å². The maximum atomic E-state index is 13.1. The second-order valence-electron chi connectivity index (χ2n) is 4.65. The molecule has 0 spiro atoms. The molecule has 1 heterocycles. The van der Waals surface area contributed by atoms with E-state index in [9.17, 15) is 13.6 Å². The number of amides is 1. The lowest BCUT2D eigenvalue weighted by Gasteiger charge is -2.22. The van der Waals surface area contributed by atoms with E-state index < -0.39 is 17.5 Å². The Kier molecular flexibility index (Phi) is 4.31. The van der Waals surface area contributed by atoms with Crippen LogP contribution >= 0.6 is 0 Å². The second kappa shape index (κ2) is 5.97. The minimum absolute atomic E-state index is 0.0457. The molecule has 6 heteroatoms. The number of rotatable bonds is 3. The van der Waals surface area contributed by atoms with Crippen molar-refractivity contribution in [1.82, 2.24) is 5.32 Å². The molecular weight excluding hydrogens is 254 g/mol. The number of ether oxygens (including phenoxy) is 1. The SMILES string of the molecule is Nc1cc(F)c(F)cc1C(=O)NCC1CCCOC1. The molecule has 0 radical (unpaired) electrons. The summed E-state index contributed by atoms with van der Waals surface area (Å²) >= 11 is 0. The zero-order valence-corrected chi connectivity index (χ0v) is 10.4. The highest BCUT2D eigenvalue weighted by molar-refractivity contribution is 5.99. The standard InChI is InChI=1S/C13H16F2N2O2/c14-10-4-9(12(16)5-11(10)15)13(18)17-6-8-2-1-3-19-7-8/h4-5,8H,1-3,6-7,16H2,(H,17,18). The maximum absolute atomic E-state index is 13.1. The summed E-state index contributed by atoms with van der Waals surface area (Å²) in [5.74, 6) is -2.39. The molecule has 1 unspecified atom stereocenters. The van der Waals surface area contributed by atoms with Gasteiger partial charge in [-0.05, 0) is 24.8 Å². The van der Waals surface area contributed by atoms with Gasteiger partial charge in [0.2, 0.25) is 0 Å². The van der Waals surface area contributed by atoms with Crippen LogP contribution in [0.25, 0.3) is 0 Å². The number of halogens is 2. The number of hydrogen-bond donors (Lipinski definition) is 2. The van der Waals surface area contributed by atoms with Crippen LogP contribution in [0.5, 0.6) is 0 Å². The largest absolute Gasteiger partial charge is 0.398 e. The highest BCUT2D eigenvalue weighted by Gasteiger charge is 2.18. The molecule has 3 N–H and O–H groups in total. The fraction of sp³-hybridized carbons (Fsp3) is 0.462. The molecule has 104 valence electrons. The zero-order valence-electron chi connectivity index (χ0n) is 10.4. The van der Waals surface area contributed by atoms with Crippen LogP contribution in [0, 0.1) is 17.6 Å². The molecule has 1 aliphatic heterocycles. The van der Waals surface area contributed by atoms with Crippen LogP contribution in [0.4, 0.5) is 14.5 Å². The van der Waals surface area contributed by atoms with E-state index in [1.165, 1.54) is 0 Å². The molecule has 1 fully saturated rings. The van der Waals surface area contributed by atoms with E-state index in [-0.39, 0.29) is 17.2 Å². The molecule has 4 nitrogen and oxygen atoms in total. The van der Waals surface area contributed by atoms with Crippen LogP contribution in [0.2, 0.25) is 0 Å². The summed E-state index contributed by atoms with van der Waals surface area (Å²) in [6.07, 6.45) is 1.95. The van der Waals surface area contributed by atoms with E-state index in [4.69, 9.17) is 10.5 Å². The Balaban J connectivity index is 1.97. The van der Waals surface area contributed by atoms with E-state index in [1.54, 1.807) is 0 Å². The Hall–Kier alpha value is -1.69. The lowest BCUT2D eigenvalue weighted by molar-refractivity contribution is 0.0536. The molecule has 0 bridgehead atoms. The summed E-state index contributed by atoms with van der Waals surface area (Å²) in [6, 6.07) is 1.63. The van der Waals surface area contributed by atoms with Crippen molar-refractivity contribution in [2.75, 3.05) is 25.5 Å². The molecule has 1 saturated heterocycles. The predicted molar refractivity (Wildman–Crippen MR) is 66.6 cm³/mol. The van der Waals surface area contributed by atoms with Gasteiger partial charge in [0.1, 0.15) is 0 Å². The van der Waals surface area contributed by atoms with Crippen molar-refractivity contribution >= 4 is 11.6 Å². The van der Waals surface area contributed by atoms with Gasteiger partial charge in [0.05, 0.1) is 12.2 Å². The fourth-order valence-corrected chi connectivity index (χ4v) is 2.06. The number of nitrogens with two attached hydrogens (primary N) is 1. The number of nitrogens with one attached hydrogen (secondary N) is 1. The van der Waals surface area contributed by atoms with Crippen molar-refractivity contribution < 1.29 is 18.3 Å². The van der Waals surface area contributed by atoms with Crippen LogP contribution < -0.4 is 11.1 Å². The Morgan fingerprint density at radius 3 is 2.84 bits per heavy atom. The van der Waals surface area contributed by atoms with Crippen LogP contribution in [0.1, 0.15) is 23.2 Å². The van der Waals surface area contributed by atoms with Gasteiger partial charge in [-0.3, -0.25) is 4.79 Å². The van der Waals surface area contributed by atoms with Crippen LogP contribution in [0.3, 0.4) is 0 Å². The number of carbonyl (C=O) groups is 1. The van der Waals surface area contributed by atoms with E-state index in [0.29, 0.717) is 13.2 Å². The minimum Gasteiger partial charge on any atom is -0.398 e. The Bertz CT molecular complexity index is 474. The molecule has 1 atom stereocenters. The van der Waals surface area contributed by atoms with Crippen molar-refractivity contribution in [2.45, 2.75) is 12.8 Å². The highest BCUT2D eigenvalue weighted by atomic mass is 19.2. The Morgan fingerprint density at radius 2 is 2.16 bits per heavy atom. The second-order valence-corrected chi connectivity index (χ2v) is 4.65. The smallest absolute Gasteiger partial charge is 0.253 e. The molecule has 1 aliphatic rings. The molecule has 1 aromatic rings. The first-order valence-electron chi connectivity index (χ1n) is 6.18. The molecule has 2 rings (SSSR count). The lowest BCUT2D eigenvalue weighted by Crippen LogP contribution is -2.33. The van der Waals surface area contributed by atoms with Gasteiger partial charge in [0.15, 0.2) is 11.6 Å². The summed E-state index contributed by atoms with van der Waals surface area (Å²) in [7, 11) is 0. The van der Waals surface area contributed by atoms with Crippen molar-refractivity contribution in [3.8, 4) is 0 Å². The van der Waals surface area contributed by atoms with Gasteiger partial charge >= 0.3 is 0 Å². The highest BCUT2D eigenvalue weighted by Crippen LogP contribution is 2.17. The monoisotopic (exact) mass is 270 g/mol. The van der Waals surface area contributed by atoms with E-state index in [0.717, 1.165) is 31.6 Å². The number of nitrogen functional groups attached to an aromatic ring is 1. The van der Waals surface area contributed by atoms with Crippen LogP contribution in [0.15, 0.2) is 12.1 Å². The quantitative estimate of drug-likeness (QED) is 0.822. The third-order valence-electron chi connectivity index (χ3n) is 3.14. The van der Waals surface area contributed by atoms with Gasteiger partial charge in [0.25, 0.3) is 5.91 Å². The van der Waals surface area contributed by atoms with Gasteiger partial charge in [0, 0.05) is 24.9 Å². The summed E-state index contributed by atoms with van der Waals surface area (Å²) in [4.78, 5) is 11.9.